The van der Waals surface area contributed by atoms with Crippen molar-refractivity contribution in [3.8, 4) is 11.1 Å². The first-order chi connectivity index (χ1) is 20.5. The molecule has 0 N–H and O–H groups in total. The molecule has 0 saturated heterocycles. The zero-order valence-corrected chi connectivity index (χ0v) is 31.5. The van der Waals surface area contributed by atoms with E-state index < -0.39 is 0 Å². The van der Waals surface area contributed by atoms with Crippen LogP contribution in [0.3, 0.4) is 0 Å². The number of hydrogen-bond acceptors (Lipinski definition) is 0. The molecule has 0 saturated carbocycles. The van der Waals surface area contributed by atoms with Gasteiger partial charge in [0.25, 0.3) is 0 Å². The molecular formula is C40H36Cl4Zr-2. The van der Waals surface area contributed by atoms with Gasteiger partial charge < -0.3 is 24.8 Å². The van der Waals surface area contributed by atoms with Gasteiger partial charge in [0.1, 0.15) is 0 Å². The quantitative estimate of drug-likeness (QED) is 0.210. The first-order valence-corrected chi connectivity index (χ1v) is 16.2. The fraction of sp³-hybridized carbons (Fsp3) is 0.150. The monoisotopic (exact) mass is 746 g/mol. The van der Waals surface area contributed by atoms with E-state index in [1.807, 2.05) is 54.6 Å². The molecule has 0 bridgehead atoms. The van der Waals surface area contributed by atoms with Gasteiger partial charge in [0.2, 0.25) is 0 Å². The second kappa shape index (κ2) is 17.5. The minimum absolute atomic E-state index is 0. The molecule has 0 heterocycles. The van der Waals surface area contributed by atoms with E-state index in [4.69, 9.17) is 23.2 Å². The molecule has 0 radical (unpaired) electrons. The minimum atomic E-state index is 0. The molecule has 0 nitrogen and oxygen atoms in total. The van der Waals surface area contributed by atoms with Gasteiger partial charge in [-0.2, -0.15) is 47.0 Å². The van der Waals surface area contributed by atoms with Crippen molar-refractivity contribution < 1.29 is 49.0 Å². The van der Waals surface area contributed by atoms with Crippen molar-refractivity contribution in [2.45, 2.75) is 39.5 Å². The van der Waals surface area contributed by atoms with Crippen LogP contribution in [-0.2, 0) is 36.1 Å². The largest absolute Gasteiger partial charge is 1.00 e. The third-order valence-electron chi connectivity index (χ3n) is 7.31. The van der Waals surface area contributed by atoms with Crippen molar-refractivity contribution in [2.75, 3.05) is 0 Å². The van der Waals surface area contributed by atoms with E-state index in [-0.39, 0.29) is 24.8 Å². The predicted molar refractivity (Wildman–Crippen MR) is 185 cm³/mol. The number of rotatable bonds is 4. The Bertz CT molecular complexity index is 1670. The van der Waals surface area contributed by atoms with Crippen molar-refractivity contribution in [2.24, 2.45) is 0 Å². The van der Waals surface area contributed by atoms with Crippen LogP contribution in [0.5, 0.6) is 0 Å². The van der Waals surface area contributed by atoms with Crippen molar-refractivity contribution in [3.63, 3.8) is 0 Å². The van der Waals surface area contributed by atoms with Crippen LogP contribution in [0.2, 0.25) is 10.0 Å². The summed E-state index contributed by atoms with van der Waals surface area (Å²) in [5.41, 5.74) is 13.0. The molecule has 0 spiro atoms. The van der Waals surface area contributed by atoms with Gasteiger partial charge >= 0.3 is 120 Å². The van der Waals surface area contributed by atoms with Gasteiger partial charge in [0, 0.05) is 0 Å². The summed E-state index contributed by atoms with van der Waals surface area (Å²) < 4.78 is 1.26. The zero-order chi connectivity index (χ0) is 31.1. The number of fused-ring (bicyclic) bond motifs is 3. The molecule has 0 fully saturated rings. The van der Waals surface area contributed by atoms with Crippen LogP contribution in [0, 0.1) is 13.0 Å². The van der Waals surface area contributed by atoms with E-state index in [0.717, 1.165) is 33.2 Å². The fourth-order valence-electron chi connectivity index (χ4n) is 4.85. The molecule has 5 aromatic rings. The summed E-state index contributed by atoms with van der Waals surface area (Å²) >= 11 is 13.3. The van der Waals surface area contributed by atoms with E-state index in [1.165, 1.54) is 66.4 Å². The number of hydrogen-bond donors (Lipinski definition) is 0. The summed E-state index contributed by atoms with van der Waals surface area (Å²) in [5.74, 6) is 0. The van der Waals surface area contributed by atoms with Crippen LogP contribution in [0.15, 0.2) is 110 Å². The molecule has 5 aromatic carbocycles. The van der Waals surface area contributed by atoms with Gasteiger partial charge in [-0.15, -0.1) is 23.8 Å². The predicted octanol–water partition coefficient (Wildman–Crippen LogP) is 5.47. The second-order valence-electron chi connectivity index (χ2n) is 11.6. The van der Waals surface area contributed by atoms with Gasteiger partial charge in [-0.3, -0.25) is 0 Å². The minimum Gasteiger partial charge on any atom is -1.00 e. The molecular weight excluding hydrogens is 713 g/mol. The molecule has 6 rings (SSSR count). The van der Waals surface area contributed by atoms with E-state index in [9.17, 15) is 0 Å². The smallest absolute Gasteiger partial charge is 1.00 e. The molecule has 1 aliphatic carbocycles. The maximum absolute atomic E-state index is 5.98. The van der Waals surface area contributed by atoms with Crippen LogP contribution in [0.25, 0.3) is 23.3 Å². The average Bonchev–Trinajstić information content (AvgIpc) is 3.60. The number of aryl methyl sites for hydroxylation is 1. The van der Waals surface area contributed by atoms with Crippen LogP contribution in [0.1, 0.15) is 65.3 Å². The Morgan fingerprint density at radius 1 is 0.822 bits per heavy atom. The molecule has 0 unspecified atom stereocenters. The summed E-state index contributed by atoms with van der Waals surface area (Å²) in [4.78, 5) is 0. The zero-order valence-electron chi connectivity index (χ0n) is 26.0. The van der Waals surface area contributed by atoms with E-state index in [1.54, 1.807) is 0 Å². The summed E-state index contributed by atoms with van der Waals surface area (Å²) in [6.07, 6.45) is 4.74. The maximum atomic E-state index is 5.98. The Kier molecular flexibility index (Phi) is 15.1. The Labute approximate surface area is 306 Å². The molecule has 230 valence electrons. The van der Waals surface area contributed by atoms with Gasteiger partial charge in [-0.1, -0.05) is 75.1 Å². The molecule has 0 atom stereocenters. The van der Waals surface area contributed by atoms with Crippen molar-refractivity contribution in [1.29, 1.82) is 0 Å². The molecule has 45 heavy (non-hydrogen) atoms. The summed E-state index contributed by atoms with van der Waals surface area (Å²) in [6, 6.07) is 36.5. The third-order valence-corrected chi connectivity index (χ3v) is 9.20. The molecule has 0 aliphatic heterocycles. The van der Waals surface area contributed by atoms with Crippen LogP contribution in [-0.4, -0.2) is 3.21 Å². The first-order valence-electron chi connectivity index (χ1n) is 14.3. The average molecular weight is 750 g/mol. The Morgan fingerprint density at radius 2 is 1.40 bits per heavy atom. The molecule has 1 aliphatic rings. The van der Waals surface area contributed by atoms with Gasteiger partial charge in [0.05, 0.1) is 0 Å². The Morgan fingerprint density at radius 3 is 1.87 bits per heavy atom. The van der Waals surface area contributed by atoms with Crippen molar-refractivity contribution >= 4 is 38.6 Å². The van der Waals surface area contributed by atoms with Gasteiger partial charge in [-0.05, 0) is 12.0 Å². The van der Waals surface area contributed by atoms with Crippen LogP contribution < -0.4 is 24.8 Å². The third kappa shape index (κ3) is 10.6. The SMILES string of the molecule is C=Cc1c[c-]c2c(c1)-c1cc(C=C)ccc1C2.Cc1cc(C(C)(C)C)c[cH-]1.Clc1cccc([C](=[Zr+2])c2cccc(Cl)c2)c1.[Cl-].[Cl-]. The molecule has 5 heteroatoms. The fourth-order valence-corrected chi connectivity index (χ4v) is 5.99. The van der Waals surface area contributed by atoms with Crippen molar-refractivity contribution in [3.05, 3.63) is 171 Å². The summed E-state index contributed by atoms with van der Waals surface area (Å²) in [6.45, 7) is 16.5. The number of halogens is 4. The van der Waals surface area contributed by atoms with E-state index in [0.29, 0.717) is 5.41 Å². The Hall–Kier alpha value is -2.38. The van der Waals surface area contributed by atoms with Crippen molar-refractivity contribution in [1.82, 2.24) is 0 Å². The molecule has 0 amide bonds. The van der Waals surface area contributed by atoms with E-state index >= 15 is 0 Å². The summed E-state index contributed by atoms with van der Waals surface area (Å²) in [7, 11) is 0. The summed E-state index contributed by atoms with van der Waals surface area (Å²) in [5, 5.41) is 1.53. The second-order valence-corrected chi connectivity index (χ2v) is 13.8. The van der Waals surface area contributed by atoms with E-state index in [2.05, 4.69) is 102 Å². The normalized spacial score (nSPS) is 10.8. The maximum Gasteiger partial charge on any atom is -1.00 e. The van der Waals surface area contributed by atoms with Gasteiger partial charge in [0.15, 0.2) is 0 Å². The molecule has 0 aromatic heterocycles. The first kappa shape index (κ1) is 38.8. The van der Waals surface area contributed by atoms with Crippen LogP contribution >= 0.6 is 23.2 Å². The Balaban J connectivity index is 0.000000238. The van der Waals surface area contributed by atoms with Gasteiger partial charge in [-0.25, -0.2) is 6.07 Å². The topological polar surface area (TPSA) is 0 Å². The number of benzene rings is 4. The van der Waals surface area contributed by atoms with Crippen LogP contribution in [0.4, 0.5) is 0 Å². The standard InChI is InChI=1S/C17H13.C13H8Cl2.C10H15.2ClH.Zr/c1-3-12-5-7-14-11-15-8-6-13(4-2)10-17(15)16(14)9-12;14-12-5-1-3-10(8-12)7-11-4-2-6-13(15)9-11;1-8-5-6-9(7-8)10(2,3)4;;;/h3-7,9-10H,1-2,11H2;1-6,8-9H;5-7H,1-4H3;2*1H;/q-1;;-1;;;+2/p-2.